The maximum atomic E-state index is 10.3. The van der Waals surface area contributed by atoms with Gasteiger partial charge in [0.25, 0.3) is 0 Å². The van der Waals surface area contributed by atoms with Crippen molar-refractivity contribution in [2.75, 3.05) is 7.11 Å². The van der Waals surface area contributed by atoms with Crippen LogP contribution in [-0.4, -0.2) is 13.4 Å². The van der Waals surface area contributed by atoms with Crippen LogP contribution in [0.5, 0.6) is 5.75 Å². The van der Waals surface area contributed by atoms with Gasteiger partial charge in [-0.05, 0) is 18.2 Å². The van der Waals surface area contributed by atoms with Gasteiger partial charge >= 0.3 is 0 Å². The average Bonchev–Trinajstić information content (AvgIpc) is 2.20. The van der Waals surface area contributed by atoms with Gasteiger partial charge in [-0.25, -0.2) is 0 Å². The van der Waals surface area contributed by atoms with Crippen molar-refractivity contribution in [3.8, 4) is 5.75 Å². The number of hydrogen-bond acceptors (Lipinski definition) is 3. The molecule has 2 nitrogen and oxygen atoms in total. The number of benzene rings is 1. The van der Waals surface area contributed by atoms with Crippen LogP contribution in [0.4, 0.5) is 0 Å². The van der Waals surface area contributed by atoms with E-state index in [1.807, 2.05) is 13.8 Å². The molecule has 0 atom stereocenters. The van der Waals surface area contributed by atoms with E-state index in [1.165, 1.54) is 0 Å². The number of ether oxygens (including phenoxy) is 1. The Labute approximate surface area is 84.3 Å². The molecule has 13 heavy (non-hydrogen) atoms. The average molecular weight is 198 g/mol. The summed E-state index contributed by atoms with van der Waals surface area (Å²) in [5.74, 6) is 0.709. The van der Waals surface area contributed by atoms with Gasteiger partial charge < -0.3 is 4.74 Å². The van der Waals surface area contributed by atoms with Gasteiger partial charge in [-0.15, -0.1) is 12.6 Å². The molecule has 0 aromatic heterocycles. The maximum Gasteiger partial charge on any atom is 0.151 e. The van der Waals surface area contributed by atoms with Gasteiger partial charge in [-0.3, -0.25) is 4.79 Å². The maximum absolute atomic E-state index is 10.3. The molecule has 0 fully saturated rings. The molecule has 0 aliphatic carbocycles. The first-order valence-electron chi connectivity index (χ1n) is 4.10. The molecular formula is C10H14O2S. The summed E-state index contributed by atoms with van der Waals surface area (Å²) < 4.78 is 4.93. The Hall–Kier alpha value is -0.960. The number of methoxy groups -OCH3 is 1. The number of rotatable bonds is 2. The highest BCUT2D eigenvalue weighted by Gasteiger charge is 1.97. The molecule has 72 valence electrons. The molecule has 0 aliphatic heterocycles. The van der Waals surface area contributed by atoms with Gasteiger partial charge in [-0.1, -0.05) is 13.8 Å². The van der Waals surface area contributed by atoms with Gasteiger partial charge in [0.05, 0.1) is 7.11 Å². The van der Waals surface area contributed by atoms with Crippen LogP contribution < -0.4 is 4.74 Å². The number of aldehydes is 1. The topological polar surface area (TPSA) is 26.3 Å². The fraction of sp³-hybridized carbons (Fsp3) is 0.300. The second kappa shape index (κ2) is 6.54. The fourth-order valence-corrected chi connectivity index (χ4v) is 1.00. The van der Waals surface area contributed by atoms with E-state index in [2.05, 4.69) is 12.6 Å². The van der Waals surface area contributed by atoms with Crippen LogP contribution >= 0.6 is 12.6 Å². The fourth-order valence-electron chi connectivity index (χ4n) is 0.750. The molecule has 0 amide bonds. The Morgan fingerprint density at radius 2 is 2.00 bits per heavy atom. The van der Waals surface area contributed by atoms with Crippen LogP contribution in [0.1, 0.15) is 24.2 Å². The zero-order chi connectivity index (χ0) is 10.3. The standard InChI is InChI=1S/C8H8O2S.C2H6/c1-10-7-3-2-6(5-9)8(11)4-7;1-2/h2-5,11H,1H3;1-2H3. The summed E-state index contributed by atoms with van der Waals surface area (Å²) in [5.41, 5.74) is 0.578. The quantitative estimate of drug-likeness (QED) is 0.584. The molecule has 3 heteroatoms. The SMILES string of the molecule is CC.COc1ccc(C=O)c(S)c1. The van der Waals surface area contributed by atoms with Gasteiger partial charge in [0.1, 0.15) is 5.75 Å². The van der Waals surface area contributed by atoms with Crippen LogP contribution in [0.3, 0.4) is 0 Å². The van der Waals surface area contributed by atoms with Gasteiger partial charge in [0.15, 0.2) is 6.29 Å². The van der Waals surface area contributed by atoms with E-state index in [0.29, 0.717) is 16.2 Å². The summed E-state index contributed by atoms with van der Waals surface area (Å²) in [4.78, 5) is 11.0. The van der Waals surface area contributed by atoms with Crippen molar-refractivity contribution in [3.63, 3.8) is 0 Å². The van der Waals surface area contributed by atoms with Crippen LogP contribution in [0.2, 0.25) is 0 Å². The number of carbonyl (C=O) groups excluding carboxylic acids is 1. The van der Waals surface area contributed by atoms with E-state index in [9.17, 15) is 4.79 Å². The highest BCUT2D eigenvalue weighted by atomic mass is 32.1. The first-order valence-corrected chi connectivity index (χ1v) is 4.55. The minimum absolute atomic E-state index is 0.578. The van der Waals surface area contributed by atoms with Gasteiger partial charge in [0.2, 0.25) is 0 Å². The van der Waals surface area contributed by atoms with E-state index in [-0.39, 0.29) is 0 Å². The van der Waals surface area contributed by atoms with Crippen molar-refractivity contribution in [2.45, 2.75) is 18.7 Å². The lowest BCUT2D eigenvalue weighted by Gasteiger charge is -2.01. The Bertz CT molecular complexity index is 272. The van der Waals surface area contributed by atoms with Gasteiger partial charge in [-0.2, -0.15) is 0 Å². The molecule has 1 rings (SSSR count). The molecule has 0 spiro atoms. The van der Waals surface area contributed by atoms with Crippen LogP contribution in [-0.2, 0) is 0 Å². The molecular weight excluding hydrogens is 184 g/mol. The first kappa shape index (κ1) is 12.0. The summed E-state index contributed by atoms with van der Waals surface area (Å²) in [6, 6.07) is 5.10. The minimum atomic E-state index is 0.578. The summed E-state index contributed by atoms with van der Waals surface area (Å²) in [6.07, 6.45) is 0.766. The molecule has 0 radical (unpaired) electrons. The molecule has 0 saturated heterocycles. The smallest absolute Gasteiger partial charge is 0.151 e. The molecule has 0 saturated carbocycles. The van der Waals surface area contributed by atoms with E-state index in [0.717, 1.165) is 6.29 Å². The zero-order valence-electron chi connectivity index (χ0n) is 8.07. The number of thiol groups is 1. The lowest BCUT2D eigenvalue weighted by atomic mass is 10.2. The molecule has 0 N–H and O–H groups in total. The molecule has 0 aliphatic rings. The highest BCUT2D eigenvalue weighted by molar-refractivity contribution is 7.80. The lowest BCUT2D eigenvalue weighted by Crippen LogP contribution is -1.86. The molecule has 0 heterocycles. The molecule has 0 unspecified atom stereocenters. The predicted octanol–water partition coefficient (Wildman–Crippen LogP) is 2.82. The summed E-state index contributed by atoms with van der Waals surface area (Å²) in [5, 5.41) is 0. The zero-order valence-corrected chi connectivity index (χ0v) is 8.97. The minimum Gasteiger partial charge on any atom is -0.497 e. The highest BCUT2D eigenvalue weighted by Crippen LogP contribution is 2.18. The third-order valence-electron chi connectivity index (χ3n) is 1.36. The third kappa shape index (κ3) is 3.51. The van der Waals surface area contributed by atoms with E-state index >= 15 is 0 Å². The van der Waals surface area contributed by atoms with Crippen LogP contribution in [0.15, 0.2) is 23.1 Å². The monoisotopic (exact) mass is 198 g/mol. The summed E-state index contributed by atoms with van der Waals surface area (Å²) in [6.45, 7) is 4.00. The second-order valence-electron chi connectivity index (χ2n) is 2.04. The summed E-state index contributed by atoms with van der Waals surface area (Å²) >= 11 is 4.09. The Morgan fingerprint density at radius 1 is 1.38 bits per heavy atom. The van der Waals surface area contributed by atoms with E-state index in [1.54, 1.807) is 25.3 Å². The molecule has 1 aromatic carbocycles. The third-order valence-corrected chi connectivity index (χ3v) is 1.75. The first-order chi connectivity index (χ1) is 6.27. The van der Waals surface area contributed by atoms with Crippen molar-refractivity contribution in [3.05, 3.63) is 23.8 Å². The molecule has 1 aromatic rings. The Balaban J connectivity index is 0.000000671. The van der Waals surface area contributed by atoms with Crippen molar-refractivity contribution in [1.29, 1.82) is 0 Å². The van der Waals surface area contributed by atoms with Crippen LogP contribution in [0, 0.1) is 0 Å². The van der Waals surface area contributed by atoms with E-state index < -0.39 is 0 Å². The predicted molar refractivity (Wildman–Crippen MR) is 57.0 cm³/mol. The molecule has 0 bridgehead atoms. The largest absolute Gasteiger partial charge is 0.497 e. The van der Waals surface area contributed by atoms with Crippen molar-refractivity contribution < 1.29 is 9.53 Å². The van der Waals surface area contributed by atoms with Crippen molar-refractivity contribution in [2.24, 2.45) is 0 Å². The lowest BCUT2D eigenvalue weighted by molar-refractivity contribution is 0.112. The van der Waals surface area contributed by atoms with Crippen LogP contribution in [0.25, 0.3) is 0 Å². The van der Waals surface area contributed by atoms with E-state index in [4.69, 9.17) is 4.74 Å². The normalized spacial score (nSPS) is 8.31. The Kier molecular flexibility index (Phi) is 6.06. The van der Waals surface area contributed by atoms with Crippen molar-refractivity contribution in [1.82, 2.24) is 0 Å². The Morgan fingerprint density at radius 3 is 2.38 bits per heavy atom. The van der Waals surface area contributed by atoms with Gasteiger partial charge in [0, 0.05) is 10.5 Å². The second-order valence-corrected chi connectivity index (χ2v) is 2.52. The number of carbonyl (C=O) groups is 1. The summed E-state index contributed by atoms with van der Waals surface area (Å²) in [7, 11) is 1.57. The van der Waals surface area contributed by atoms with Crippen molar-refractivity contribution >= 4 is 18.9 Å². The number of hydrogen-bond donors (Lipinski definition) is 1.